The van der Waals surface area contributed by atoms with Gasteiger partial charge in [0.05, 0.1) is 11.6 Å². The number of carbonyl (C=O) groups excluding carboxylic acids is 1. The third-order valence-corrected chi connectivity index (χ3v) is 4.81. The Hall–Kier alpha value is -3.20. The lowest BCUT2D eigenvalue weighted by Crippen LogP contribution is -2.41. The van der Waals surface area contributed by atoms with Crippen LogP contribution in [-0.2, 0) is 24.9 Å². The molecule has 0 aliphatic heterocycles. The molecule has 0 aliphatic rings. The minimum Gasteiger partial charge on any atom is -0.328 e. The van der Waals surface area contributed by atoms with Gasteiger partial charge in [-0.05, 0) is 33.6 Å². The fourth-order valence-electron chi connectivity index (χ4n) is 2.85. The van der Waals surface area contributed by atoms with Gasteiger partial charge in [-0.25, -0.2) is 9.67 Å². The van der Waals surface area contributed by atoms with Crippen molar-refractivity contribution >= 4 is 32.9 Å². The normalized spacial score (nSPS) is 11.5. The molecule has 0 radical (unpaired) electrons. The first-order chi connectivity index (χ1) is 14.1. The predicted octanol–water partition coefficient (Wildman–Crippen LogP) is 2.36. The molecule has 0 fully saturated rings. The van der Waals surface area contributed by atoms with Crippen molar-refractivity contribution in [1.29, 1.82) is 5.26 Å². The number of benzene rings is 1. The number of halogens is 4. The van der Waals surface area contributed by atoms with Crippen molar-refractivity contribution < 1.29 is 18.0 Å². The molecular weight excluding hydrogens is 469 g/mol. The summed E-state index contributed by atoms with van der Waals surface area (Å²) in [5.74, 6) is -0.903. The molecule has 3 aromatic rings. The summed E-state index contributed by atoms with van der Waals surface area (Å²) < 4.78 is 41.6. The van der Waals surface area contributed by atoms with E-state index in [4.69, 9.17) is 5.26 Å². The molecule has 1 aromatic carbocycles. The van der Waals surface area contributed by atoms with E-state index < -0.39 is 30.7 Å². The number of amides is 1. The second-order valence-electron chi connectivity index (χ2n) is 6.46. The highest BCUT2D eigenvalue weighted by atomic mass is 79.9. The monoisotopic (exact) mass is 482 g/mol. The zero-order valence-electron chi connectivity index (χ0n) is 15.5. The van der Waals surface area contributed by atoms with Crippen LogP contribution in [0.25, 0.3) is 11.0 Å². The Labute approximate surface area is 176 Å². The summed E-state index contributed by atoms with van der Waals surface area (Å²) in [6.07, 6.45) is -3.52. The topological polar surface area (TPSA) is 96.8 Å². The molecule has 30 heavy (non-hydrogen) atoms. The van der Waals surface area contributed by atoms with Crippen LogP contribution in [0.15, 0.2) is 40.0 Å². The number of hydrogen-bond donors (Lipinski definition) is 0. The van der Waals surface area contributed by atoms with Crippen molar-refractivity contribution in [2.75, 3.05) is 6.54 Å². The Kier molecular flexibility index (Phi) is 5.93. The maximum absolute atomic E-state index is 13.0. The van der Waals surface area contributed by atoms with Crippen LogP contribution in [0, 0.1) is 11.3 Å². The summed E-state index contributed by atoms with van der Waals surface area (Å²) in [7, 11) is 1.58. The molecule has 8 nitrogen and oxygen atoms in total. The van der Waals surface area contributed by atoms with E-state index >= 15 is 0 Å². The first-order valence-electron chi connectivity index (χ1n) is 8.50. The molecule has 0 spiro atoms. The molecule has 156 valence electrons. The molecule has 2 heterocycles. The number of hydrogen-bond acceptors (Lipinski definition) is 5. The minimum absolute atomic E-state index is 0.127. The van der Waals surface area contributed by atoms with E-state index in [1.807, 2.05) is 6.07 Å². The summed E-state index contributed by atoms with van der Waals surface area (Å²) in [5, 5.41) is 13.0. The van der Waals surface area contributed by atoms with Crippen molar-refractivity contribution in [3.63, 3.8) is 0 Å². The summed E-state index contributed by atoms with van der Waals surface area (Å²) in [6, 6.07) is 7.76. The van der Waals surface area contributed by atoms with Crippen LogP contribution in [0.3, 0.4) is 0 Å². The van der Waals surface area contributed by atoms with E-state index in [-0.39, 0.29) is 22.2 Å². The predicted molar refractivity (Wildman–Crippen MR) is 103 cm³/mol. The van der Waals surface area contributed by atoms with Crippen LogP contribution >= 0.6 is 15.9 Å². The maximum atomic E-state index is 13.0. The molecule has 2 aromatic heterocycles. The third-order valence-electron chi connectivity index (χ3n) is 4.25. The average Bonchev–Trinajstić information content (AvgIpc) is 2.97. The molecule has 1 amide bonds. The highest BCUT2D eigenvalue weighted by Crippen LogP contribution is 2.20. The van der Waals surface area contributed by atoms with E-state index in [9.17, 15) is 22.8 Å². The second kappa shape index (κ2) is 8.27. The number of nitriles is 1. The van der Waals surface area contributed by atoms with Gasteiger partial charge in [0.1, 0.15) is 29.4 Å². The van der Waals surface area contributed by atoms with Gasteiger partial charge >= 0.3 is 6.18 Å². The molecule has 12 heteroatoms. The number of aryl methyl sites for hydroxylation is 1. The highest BCUT2D eigenvalue weighted by molar-refractivity contribution is 9.10. The molecule has 0 unspecified atom stereocenters. The van der Waals surface area contributed by atoms with Crippen molar-refractivity contribution in [3.8, 4) is 6.07 Å². The Bertz CT molecular complexity index is 1190. The van der Waals surface area contributed by atoms with Crippen LogP contribution < -0.4 is 5.56 Å². The number of nitrogens with zero attached hydrogens (tertiary/aromatic N) is 6. The quantitative estimate of drug-likeness (QED) is 0.555. The number of carbonyl (C=O) groups is 1. The lowest BCUT2D eigenvalue weighted by Gasteiger charge is -2.24. The van der Waals surface area contributed by atoms with E-state index in [1.54, 1.807) is 7.05 Å². The van der Waals surface area contributed by atoms with E-state index in [0.717, 1.165) is 10.9 Å². The van der Waals surface area contributed by atoms with E-state index in [2.05, 4.69) is 26.0 Å². The number of aromatic nitrogens is 4. The zero-order chi connectivity index (χ0) is 22.1. The first-order valence-corrected chi connectivity index (χ1v) is 9.29. The number of alkyl halides is 3. The fraction of sp³-hybridized carbons (Fsp3) is 0.278. The van der Waals surface area contributed by atoms with Crippen LogP contribution in [0.5, 0.6) is 0 Å². The van der Waals surface area contributed by atoms with E-state index in [0.29, 0.717) is 16.0 Å². The number of fused-ring (bicyclic) bond motifs is 1. The van der Waals surface area contributed by atoms with Gasteiger partial charge in [0.25, 0.3) is 5.56 Å². The molecule has 0 bridgehead atoms. The Balaban J connectivity index is 1.88. The summed E-state index contributed by atoms with van der Waals surface area (Å²) in [5.41, 5.74) is 0.446. The standard InChI is InChI=1S/C18H14BrF3N6O2/c1-26-16-14(15(19)25-26)17(30)28(10-24-16)8-13(29)27(9-18(20,21)22)7-12-4-2-11(6-23)3-5-12/h2-5,10H,7-9H2,1H3. The smallest absolute Gasteiger partial charge is 0.328 e. The van der Waals surface area contributed by atoms with Crippen molar-refractivity contribution in [1.82, 2.24) is 24.2 Å². The molecule has 0 saturated carbocycles. The van der Waals surface area contributed by atoms with Gasteiger partial charge in [0, 0.05) is 13.6 Å². The van der Waals surface area contributed by atoms with Gasteiger partial charge < -0.3 is 4.90 Å². The van der Waals surface area contributed by atoms with Crippen molar-refractivity contribution in [2.45, 2.75) is 19.3 Å². The van der Waals surface area contributed by atoms with Crippen molar-refractivity contribution in [2.24, 2.45) is 7.05 Å². The van der Waals surface area contributed by atoms with Crippen LogP contribution in [0.1, 0.15) is 11.1 Å². The Morgan fingerprint density at radius 1 is 1.30 bits per heavy atom. The summed E-state index contributed by atoms with van der Waals surface area (Å²) >= 11 is 3.14. The van der Waals surface area contributed by atoms with Crippen LogP contribution in [0.4, 0.5) is 13.2 Å². The lowest BCUT2D eigenvalue weighted by atomic mass is 10.1. The Morgan fingerprint density at radius 3 is 2.57 bits per heavy atom. The third kappa shape index (κ3) is 4.68. The minimum atomic E-state index is -4.62. The number of rotatable bonds is 5. The molecule has 0 saturated heterocycles. The fourth-order valence-corrected chi connectivity index (χ4v) is 3.43. The van der Waals surface area contributed by atoms with Gasteiger partial charge in [-0.3, -0.25) is 14.2 Å². The molecule has 0 aliphatic carbocycles. The second-order valence-corrected chi connectivity index (χ2v) is 7.22. The highest BCUT2D eigenvalue weighted by Gasteiger charge is 2.33. The van der Waals surface area contributed by atoms with E-state index in [1.165, 1.54) is 28.9 Å². The van der Waals surface area contributed by atoms with Gasteiger partial charge in [-0.15, -0.1) is 0 Å². The van der Waals surface area contributed by atoms with Gasteiger partial charge in [0.15, 0.2) is 5.65 Å². The van der Waals surface area contributed by atoms with Gasteiger partial charge in [-0.2, -0.15) is 23.5 Å². The molecule has 3 rings (SSSR count). The first kappa shape index (κ1) is 21.5. The van der Waals surface area contributed by atoms with Crippen LogP contribution in [-0.4, -0.2) is 42.9 Å². The molecule has 0 N–H and O–H groups in total. The van der Waals surface area contributed by atoms with Gasteiger partial charge in [-0.1, -0.05) is 12.1 Å². The van der Waals surface area contributed by atoms with Crippen molar-refractivity contribution in [3.05, 3.63) is 56.7 Å². The van der Waals surface area contributed by atoms with Gasteiger partial charge in [0.2, 0.25) is 5.91 Å². The average molecular weight is 483 g/mol. The zero-order valence-corrected chi connectivity index (χ0v) is 17.1. The molecular formula is C18H14BrF3N6O2. The largest absolute Gasteiger partial charge is 0.406 e. The maximum Gasteiger partial charge on any atom is 0.406 e. The van der Waals surface area contributed by atoms with Crippen LogP contribution in [0.2, 0.25) is 0 Å². The lowest BCUT2D eigenvalue weighted by molar-refractivity contribution is -0.162. The molecule has 0 atom stereocenters. The summed E-state index contributed by atoms with van der Waals surface area (Å²) in [6.45, 7) is -2.42. The Morgan fingerprint density at radius 2 is 1.97 bits per heavy atom. The summed E-state index contributed by atoms with van der Waals surface area (Å²) in [4.78, 5) is 30.0. The SMILES string of the molecule is Cn1nc(Br)c2c(=O)n(CC(=O)N(Cc3ccc(C#N)cc3)CC(F)(F)F)cnc21.